The summed E-state index contributed by atoms with van der Waals surface area (Å²) in [6.07, 6.45) is 0.919. The summed E-state index contributed by atoms with van der Waals surface area (Å²) in [6, 6.07) is 7.93. The summed E-state index contributed by atoms with van der Waals surface area (Å²) in [4.78, 5) is 2.13. The third kappa shape index (κ3) is 2.73. The normalized spacial score (nSPS) is 29.7. The molecule has 2 N–H and O–H groups in total. The molecule has 1 aromatic carbocycles. The largest absolute Gasteiger partial charge is 0.387 e. The van der Waals surface area contributed by atoms with Gasteiger partial charge in [0.2, 0.25) is 10.0 Å². The van der Waals surface area contributed by atoms with Crippen LogP contribution in [-0.2, 0) is 16.4 Å². The minimum absolute atomic E-state index is 0.00391. The van der Waals surface area contributed by atoms with Crippen LogP contribution in [0.2, 0.25) is 0 Å². The first kappa shape index (κ1) is 15.0. The van der Waals surface area contributed by atoms with Crippen molar-refractivity contribution < 1.29 is 13.5 Å². The Morgan fingerprint density at radius 1 is 1.38 bits per heavy atom. The van der Waals surface area contributed by atoms with E-state index in [0.717, 1.165) is 18.5 Å². The molecular weight excluding hydrogens is 288 g/mol. The van der Waals surface area contributed by atoms with Crippen LogP contribution >= 0.6 is 0 Å². The number of sulfonamides is 1. The zero-order valence-electron chi connectivity index (χ0n) is 12.2. The zero-order valence-corrected chi connectivity index (χ0v) is 13.0. The number of aliphatic hydroxyl groups is 1. The summed E-state index contributed by atoms with van der Waals surface area (Å²) in [5.41, 5.74) is 2.16. The van der Waals surface area contributed by atoms with E-state index in [0.29, 0.717) is 19.5 Å². The molecule has 1 heterocycles. The Morgan fingerprint density at radius 2 is 2.14 bits per heavy atom. The molecule has 3 unspecified atom stereocenters. The van der Waals surface area contributed by atoms with Crippen molar-refractivity contribution in [3.05, 3.63) is 35.4 Å². The number of nitrogens with zero attached hydrogens (tertiary/aromatic N) is 1. The molecule has 0 spiro atoms. The number of aliphatic hydroxyl groups excluding tert-OH is 1. The van der Waals surface area contributed by atoms with Gasteiger partial charge in [0.1, 0.15) is 0 Å². The second kappa shape index (κ2) is 5.68. The predicted molar refractivity (Wildman–Crippen MR) is 81.5 cm³/mol. The standard InChI is InChI=1S/C15H22N2O3S/c1-2-16-21(19,20)12-7-8-17(10-12)14-9-11-5-3-4-6-13(11)15(14)18/h3-6,12,14-16,18H,2,7-10H2,1H3. The van der Waals surface area contributed by atoms with Crippen molar-refractivity contribution >= 4 is 10.0 Å². The van der Waals surface area contributed by atoms with Crippen LogP contribution in [0.25, 0.3) is 0 Å². The Hall–Kier alpha value is -0.950. The molecule has 3 atom stereocenters. The van der Waals surface area contributed by atoms with E-state index in [4.69, 9.17) is 0 Å². The lowest BCUT2D eigenvalue weighted by Crippen LogP contribution is -2.40. The number of likely N-dealkylation sites (tertiary alicyclic amines) is 1. The van der Waals surface area contributed by atoms with Gasteiger partial charge in [-0.2, -0.15) is 0 Å². The van der Waals surface area contributed by atoms with Crippen LogP contribution in [0.4, 0.5) is 0 Å². The van der Waals surface area contributed by atoms with Crippen molar-refractivity contribution in [2.45, 2.75) is 37.2 Å². The maximum absolute atomic E-state index is 12.1. The second-order valence-corrected chi connectivity index (χ2v) is 7.91. The molecule has 1 fully saturated rings. The highest BCUT2D eigenvalue weighted by Gasteiger charge is 2.41. The molecule has 1 aliphatic carbocycles. The molecule has 2 aliphatic rings. The van der Waals surface area contributed by atoms with Crippen LogP contribution in [0.5, 0.6) is 0 Å². The molecule has 1 saturated heterocycles. The molecule has 1 aromatic rings. The lowest BCUT2D eigenvalue weighted by Gasteiger charge is -2.26. The van der Waals surface area contributed by atoms with E-state index >= 15 is 0 Å². The van der Waals surface area contributed by atoms with E-state index in [-0.39, 0.29) is 11.3 Å². The molecule has 0 amide bonds. The van der Waals surface area contributed by atoms with Crippen molar-refractivity contribution in [2.24, 2.45) is 0 Å². The van der Waals surface area contributed by atoms with Crippen LogP contribution in [0.3, 0.4) is 0 Å². The van der Waals surface area contributed by atoms with Gasteiger partial charge in [-0.25, -0.2) is 13.1 Å². The molecular formula is C15H22N2O3S. The first-order valence-electron chi connectivity index (χ1n) is 7.51. The van der Waals surface area contributed by atoms with E-state index in [1.165, 1.54) is 5.56 Å². The number of fused-ring (bicyclic) bond motifs is 1. The topological polar surface area (TPSA) is 69.6 Å². The quantitative estimate of drug-likeness (QED) is 0.857. The fraction of sp³-hybridized carbons (Fsp3) is 0.600. The van der Waals surface area contributed by atoms with E-state index in [2.05, 4.69) is 9.62 Å². The summed E-state index contributed by atoms with van der Waals surface area (Å²) in [5, 5.41) is 10.1. The molecule has 1 aliphatic heterocycles. The Labute approximate surface area is 126 Å². The van der Waals surface area contributed by atoms with E-state index in [1.807, 2.05) is 24.3 Å². The van der Waals surface area contributed by atoms with Crippen LogP contribution in [0.1, 0.15) is 30.6 Å². The monoisotopic (exact) mass is 310 g/mol. The predicted octanol–water partition coefficient (Wildman–Crippen LogP) is 0.658. The first-order valence-corrected chi connectivity index (χ1v) is 9.06. The fourth-order valence-corrected chi connectivity index (χ4v) is 4.95. The molecule has 0 radical (unpaired) electrons. The third-order valence-electron chi connectivity index (χ3n) is 4.60. The van der Waals surface area contributed by atoms with Gasteiger partial charge in [-0.1, -0.05) is 31.2 Å². The Bertz CT molecular complexity index is 617. The Balaban J connectivity index is 1.71. The van der Waals surface area contributed by atoms with Crippen LogP contribution < -0.4 is 4.72 Å². The molecule has 0 aromatic heterocycles. The smallest absolute Gasteiger partial charge is 0.215 e. The lowest BCUT2D eigenvalue weighted by molar-refractivity contribution is 0.0751. The van der Waals surface area contributed by atoms with Crippen molar-refractivity contribution in [2.75, 3.05) is 19.6 Å². The maximum Gasteiger partial charge on any atom is 0.215 e. The first-order chi connectivity index (χ1) is 10.0. The number of rotatable bonds is 4. The summed E-state index contributed by atoms with van der Waals surface area (Å²) >= 11 is 0. The van der Waals surface area contributed by atoms with Crippen LogP contribution in [-0.4, -0.2) is 49.4 Å². The van der Waals surface area contributed by atoms with Crippen molar-refractivity contribution in [1.29, 1.82) is 0 Å². The molecule has 3 rings (SSSR count). The van der Waals surface area contributed by atoms with Gasteiger partial charge in [0.15, 0.2) is 0 Å². The lowest BCUT2D eigenvalue weighted by atomic mass is 10.1. The fourth-order valence-electron chi connectivity index (χ4n) is 3.51. The highest BCUT2D eigenvalue weighted by atomic mass is 32.2. The molecule has 5 nitrogen and oxygen atoms in total. The number of benzene rings is 1. The van der Waals surface area contributed by atoms with E-state index in [9.17, 15) is 13.5 Å². The van der Waals surface area contributed by atoms with Gasteiger partial charge in [-0.15, -0.1) is 0 Å². The maximum atomic E-state index is 12.1. The molecule has 21 heavy (non-hydrogen) atoms. The minimum atomic E-state index is -3.23. The van der Waals surface area contributed by atoms with Gasteiger partial charge >= 0.3 is 0 Å². The molecule has 6 heteroatoms. The van der Waals surface area contributed by atoms with Crippen molar-refractivity contribution in [1.82, 2.24) is 9.62 Å². The van der Waals surface area contributed by atoms with E-state index in [1.54, 1.807) is 6.92 Å². The molecule has 0 saturated carbocycles. The van der Waals surface area contributed by atoms with Gasteiger partial charge in [0, 0.05) is 19.1 Å². The van der Waals surface area contributed by atoms with Gasteiger partial charge in [-0.3, -0.25) is 4.90 Å². The van der Waals surface area contributed by atoms with Gasteiger partial charge in [-0.05, 0) is 30.5 Å². The highest BCUT2D eigenvalue weighted by molar-refractivity contribution is 7.90. The Kier molecular flexibility index (Phi) is 4.05. The minimum Gasteiger partial charge on any atom is -0.387 e. The average molecular weight is 310 g/mol. The number of hydrogen-bond donors (Lipinski definition) is 2. The molecule has 116 valence electrons. The summed E-state index contributed by atoms with van der Waals surface area (Å²) in [5.74, 6) is 0. The summed E-state index contributed by atoms with van der Waals surface area (Å²) < 4.78 is 26.8. The summed E-state index contributed by atoms with van der Waals surface area (Å²) in [6.45, 7) is 3.45. The van der Waals surface area contributed by atoms with E-state index < -0.39 is 16.1 Å². The van der Waals surface area contributed by atoms with Gasteiger partial charge in [0.25, 0.3) is 0 Å². The van der Waals surface area contributed by atoms with Crippen LogP contribution in [0, 0.1) is 0 Å². The SMILES string of the molecule is CCNS(=O)(=O)C1CCN(C2Cc3ccccc3C2O)C1. The molecule has 0 bridgehead atoms. The van der Waals surface area contributed by atoms with Gasteiger partial charge < -0.3 is 5.11 Å². The van der Waals surface area contributed by atoms with Crippen molar-refractivity contribution in [3.63, 3.8) is 0 Å². The second-order valence-electron chi connectivity index (χ2n) is 5.86. The Morgan fingerprint density at radius 3 is 2.86 bits per heavy atom. The number of nitrogens with one attached hydrogen (secondary N) is 1. The highest BCUT2D eigenvalue weighted by Crippen LogP contribution is 2.36. The number of hydrogen-bond acceptors (Lipinski definition) is 4. The third-order valence-corrected chi connectivity index (χ3v) is 6.55. The van der Waals surface area contributed by atoms with Crippen molar-refractivity contribution in [3.8, 4) is 0 Å². The van der Waals surface area contributed by atoms with Gasteiger partial charge in [0.05, 0.1) is 11.4 Å². The average Bonchev–Trinajstić information content (AvgIpc) is 3.05. The summed E-state index contributed by atoms with van der Waals surface area (Å²) in [7, 11) is -3.23. The zero-order chi connectivity index (χ0) is 15.0. The van der Waals surface area contributed by atoms with Crippen LogP contribution in [0.15, 0.2) is 24.3 Å².